The lowest BCUT2D eigenvalue weighted by atomic mass is 9.88. The molecule has 0 spiro atoms. The van der Waals surface area contributed by atoms with Crippen molar-refractivity contribution in [2.45, 2.75) is 5.92 Å². The van der Waals surface area contributed by atoms with Crippen LogP contribution in [0.1, 0.15) is 11.5 Å². The number of nitrogens with one attached hydrogen (secondary N) is 1. The van der Waals surface area contributed by atoms with Gasteiger partial charge in [-0.2, -0.15) is 0 Å². The van der Waals surface area contributed by atoms with Gasteiger partial charge in [-0.15, -0.1) is 0 Å². The summed E-state index contributed by atoms with van der Waals surface area (Å²) in [7, 11) is 0. The second-order valence-electron chi connectivity index (χ2n) is 6.70. The number of amides is 2. The zero-order valence-corrected chi connectivity index (χ0v) is 14.6. The highest BCUT2D eigenvalue weighted by Gasteiger charge is 2.40. The van der Waals surface area contributed by atoms with Crippen LogP contribution < -0.4 is 5.32 Å². The third kappa shape index (κ3) is 3.33. The number of carbonyl (C=O) groups excluding carboxylic acids is 1. The molecule has 2 atom stereocenters. The molecule has 0 bridgehead atoms. The number of likely N-dealkylation sites (tertiary alicyclic amines) is 1. The van der Waals surface area contributed by atoms with Gasteiger partial charge in [0.2, 0.25) is 5.91 Å². The first-order valence-electron chi connectivity index (χ1n) is 8.80. The van der Waals surface area contributed by atoms with E-state index in [1.54, 1.807) is 12.4 Å². The van der Waals surface area contributed by atoms with Gasteiger partial charge in [-0.3, -0.25) is 9.78 Å². The number of pyridine rings is 1. The van der Waals surface area contributed by atoms with E-state index < -0.39 is 12.0 Å². The Hall–Kier alpha value is -3.41. The zero-order valence-electron chi connectivity index (χ0n) is 14.6. The third-order valence-electron chi connectivity index (χ3n) is 5.09. The Labute approximate surface area is 156 Å². The van der Waals surface area contributed by atoms with E-state index in [1.807, 2.05) is 54.6 Å². The molecule has 136 valence electrons. The van der Waals surface area contributed by atoms with Crippen molar-refractivity contribution in [3.05, 3.63) is 72.6 Å². The SMILES string of the molecule is O=C(Nc1cccc2cnccc12)[C@@H]1CN(C(=O)O)C[C@@H]1c1ccccc1. The molecule has 2 N–H and O–H groups in total. The second-order valence-corrected chi connectivity index (χ2v) is 6.70. The predicted octanol–water partition coefficient (Wildman–Crippen LogP) is 3.57. The Balaban J connectivity index is 1.63. The van der Waals surface area contributed by atoms with Gasteiger partial charge in [-0.1, -0.05) is 42.5 Å². The summed E-state index contributed by atoms with van der Waals surface area (Å²) < 4.78 is 0. The van der Waals surface area contributed by atoms with Crippen molar-refractivity contribution in [1.29, 1.82) is 0 Å². The number of hydrogen-bond donors (Lipinski definition) is 2. The molecule has 1 saturated heterocycles. The number of hydrogen-bond acceptors (Lipinski definition) is 3. The maximum Gasteiger partial charge on any atom is 0.407 e. The van der Waals surface area contributed by atoms with Crippen molar-refractivity contribution in [3.63, 3.8) is 0 Å². The van der Waals surface area contributed by atoms with E-state index in [-0.39, 0.29) is 18.4 Å². The Kier molecular flexibility index (Phi) is 4.46. The largest absolute Gasteiger partial charge is 0.465 e. The van der Waals surface area contributed by atoms with E-state index in [2.05, 4.69) is 10.3 Å². The Morgan fingerprint density at radius 2 is 1.85 bits per heavy atom. The average molecular weight is 361 g/mol. The van der Waals surface area contributed by atoms with Gasteiger partial charge in [0.1, 0.15) is 0 Å². The van der Waals surface area contributed by atoms with Gasteiger partial charge in [0.25, 0.3) is 0 Å². The number of aromatic nitrogens is 1. The number of anilines is 1. The van der Waals surface area contributed by atoms with Crippen molar-refractivity contribution in [1.82, 2.24) is 9.88 Å². The fourth-order valence-electron chi connectivity index (χ4n) is 3.72. The summed E-state index contributed by atoms with van der Waals surface area (Å²) in [5.74, 6) is -0.781. The van der Waals surface area contributed by atoms with Gasteiger partial charge in [0, 0.05) is 47.9 Å². The molecule has 1 aliphatic heterocycles. The number of fused-ring (bicyclic) bond motifs is 1. The lowest BCUT2D eigenvalue weighted by molar-refractivity contribution is -0.119. The van der Waals surface area contributed by atoms with Gasteiger partial charge in [0.05, 0.1) is 5.92 Å². The van der Waals surface area contributed by atoms with Crippen molar-refractivity contribution in [2.24, 2.45) is 5.92 Å². The summed E-state index contributed by atoms with van der Waals surface area (Å²) >= 11 is 0. The van der Waals surface area contributed by atoms with Crippen molar-refractivity contribution in [3.8, 4) is 0 Å². The lowest BCUT2D eigenvalue weighted by Gasteiger charge is -2.18. The molecule has 6 nitrogen and oxygen atoms in total. The molecule has 1 fully saturated rings. The normalized spacial score (nSPS) is 19.2. The quantitative estimate of drug-likeness (QED) is 0.747. The van der Waals surface area contributed by atoms with Crippen LogP contribution in [0.2, 0.25) is 0 Å². The van der Waals surface area contributed by atoms with Crippen LogP contribution >= 0.6 is 0 Å². The van der Waals surface area contributed by atoms with E-state index in [0.717, 1.165) is 16.3 Å². The van der Waals surface area contributed by atoms with E-state index in [0.29, 0.717) is 12.2 Å². The van der Waals surface area contributed by atoms with E-state index >= 15 is 0 Å². The molecule has 27 heavy (non-hydrogen) atoms. The average Bonchev–Trinajstić information content (AvgIpc) is 3.15. The van der Waals surface area contributed by atoms with Crippen LogP contribution in [0.25, 0.3) is 10.8 Å². The molecule has 0 unspecified atom stereocenters. The van der Waals surface area contributed by atoms with Crippen molar-refractivity contribution >= 4 is 28.5 Å². The lowest BCUT2D eigenvalue weighted by Crippen LogP contribution is -2.30. The summed E-state index contributed by atoms with van der Waals surface area (Å²) in [6.45, 7) is 0.504. The monoisotopic (exact) mass is 361 g/mol. The number of rotatable bonds is 3. The number of nitrogens with zero attached hydrogens (tertiary/aromatic N) is 2. The highest BCUT2D eigenvalue weighted by Crippen LogP contribution is 2.34. The highest BCUT2D eigenvalue weighted by atomic mass is 16.4. The highest BCUT2D eigenvalue weighted by molar-refractivity contribution is 6.03. The molecular weight excluding hydrogens is 342 g/mol. The summed E-state index contributed by atoms with van der Waals surface area (Å²) in [4.78, 5) is 30.0. The van der Waals surface area contributed by atoms with Crippen LogP contribution in [-0.4, -0.2) is 40.1 Å². The summed E-state index contributed by atoms with van der Waals surface area (Å²) in [6, 6.07) is 17.1. The van der Waals surface area contributed by atoms with E-state index in [1.165, 1.54) is 4.90 Å². The number of benzene rings is 2. The molecule has 4 rings (SSSR count). The number of carbonyl (C=O) groups is 2. The minimum Gasteiger partial charge on any atom is -0.465 e. The molecular formula is C21H19N3O3. The molecule has 2 aromatic carbocycles. The molecule has 0 radical (unpaired) electrons. The minimum absolute atomic E-state index is 0.168. The van der Waals surface area contributed by atoms with Crippen LogP contribution in [0, 0.1) is 5.92 Å². The first-order chi connectivity index (χ1) is 13.1. The standard InChI is InChI=1S/C21H19N3O3/c25-20(23-19-8-4-7-15-11-22-10-9-16(15)19)18-13-24(21(26)27)12-17(18)14-5-2-1-3-6-14/h1-11,17-18H,12-13H2,(H,23,25)(H,26,27)/t17-,18-/m1/s1. The van der Waals surface area contributed by atoms with Crippen LogP contribution in [0.4, 0.5) is 10.5 Å². The number of carboxylic acid groups (broad SMARTS) is 1. The fraction of sp³-hybridized carbons (Fsp3) is 0.190. The van der Waals surface area contributed by atoms with Crippen molar-refractivity contribution in [2.75, 3.05) is 18.4 Å². The second kappa shape index (κ2) is 7.07. The topological polar surface area (TPSA) is 82.5 Å². The molecule has 6 heteroatoms. The summed E-state index contributed by atoms with van der Waals surface area (Å²) in [6.07, 6.45) is 2.44. The van der Waals surface area contributed by atoms with E-state index in [9.17, 15) is 14.7 Å². The molecule has 2 amide bonds. The molecule has 1 aromatic heterocycles. The van der Waals surface area contributed by atoms with Crippen LogP contribution in [0.5, 0.6) is 0 Å². The molecule has 0 aliphatic carbocycles. The first kappa shape index (κ1) is 17.0. The Morgan fingerprint density at radius 1 is 1.04 bits per heavy atom. The maximum absolute atomic E-state index is 13.1. The Bertz CT molecular complexity index is 985. The fourth-order valence-corrected chi connectivity index (χ4v) is 3.72. The van der Waals surface area contributed by atoms with Gasteiger partial charge in [-0.05, 0) is 17.7 Å². The zero-order chi connectivity index (χ0) is 18.8. The van der Waals surface area contributed by atoms with Gasteiger partial charge in [-0.25, -0.2) is 4.79 Å². The molecule has 2 heterocycles. The van der Waals surface area contributed by atoms with Crippen molar-refractivity contribution < 1.29 is 14.7 Å². The summed E-state index contributed by atoms with van der Waals surface area (Å²) in [5.41, 5.74) is 1.68. The van der Waals surface area contributed by atoms with Gasteiger partial charge >= 0.3 is 6.09 Å². The first-order valence-corrected chi connectivity index (χ1v) is 8.80. The predicted molar refractivity (Wildman–Crippen MR) is 103 cm³/mol. The maximum atomic E-state index is 13.1. The van der Waals surface area contributed by atoms with Gasteiger partial charge in [0.15, 0.2) is 0 Å². The summed E-state index contributed by atoms with van der Waals surface area (Å²) in [5, 5.41) is 14.2. The minimum atomic E-state index is -0.998. The van der Waals surface area contributed by atoms with Crippen LogP contribution in [0.3, 0.4) is 0 Å². The molecule has 3 aromatic rings. The molecule has 1 aliphatic rings. The van der Waals surface area contributed by atoms with Crippen LogP contribution in [-0.2, 0) is 4.79 Å². The third-order valence-corrected chi connectivity index (χ3v) is 5.09. The smallest absolute Gasteiger partial charge is 0.407 e. The van der Waals surface area contributed by atoms with E-state index in [4.69, 9.17) is 0 Å². The Morgan fingerprint density at radius 3 is 2.63 bits per heavy atom. The molecule has 0 saturated carbocycles. The van der Waals surface area contributed by atoms with Gasteiger partial charge < -0.3 is 15.3 Å². The van der Waals surface area contributed by atoms with Crippen LogP contribution in [0.15, 0.2) is 67.0 Å².